The zero-order chi connectivity index (χ0) is 25.2. The first-order valence-electron chi connectivity index (χ1n) is 11.1. The quantitative estimate of drug-likeness (QED) is 0.369. The minimum atomic E-state index is -4.01. The molecule has 0 atom stereocenters. The SMILES string of the molecule is Cc1ccc(S(=O)(=O)Nc2c(NC3CCC(NC(=O)Nc4ccc(F)cc4)CC3)c(=O)c2=O)cc1. The fourth-order valence-corrected chi connectivity index (χ4v) is 5.09. The summed E-state index contributed by atoms with van der Waals surface area (Å²) in [5.41, 5.74) is -0.564. The third kappa shape index (κ3) is 5.68. The number of nitrogens with one attached hydrogen (secondary N) is 4. The molecule has 0 radical (unpaired) electrons. The average Bonchev–Trinajstić information content (AvgIpc) is 2.84. The maximum absolute atomic E-state index is 13.0. The van der Waals surface area contributed by atoms with Crippen molar-refractivity contribution in [2.75, 3.05) is 15.4 Å². The van der Waals surface area contributed by atoms with Gasteiger partial charge in [0, 0.05) is 17.8 Å². The van der Waals surface area contributed by atoms with Crippen molar-refractivity contribution in [3.05, 3.63) is 80.4 Å². The fraction of sp³-hybridized carbons (Fsp3) is 0.292. The lowest BCUT2D eigenvalue weighted by molar-refractivity contribution is 0.243. The normalized spacial score (nSPS) is 18.1. The Morgan fingerprint density at radius 2 is 1.43 bits per heavy atom. The van der Waals surface area contributed by atoms with Crippen LogP contribution < -0.4 is 31.5 Å². The molecule has 1 saturated carbocycles. The van der Waals surface area contributed by atoms with Crippen LogP contribution in [0.5, 0.6) is 0 Å². The molecule has 4 N–H and O–H groups in total. The Balaban J connectivity index is 1.32. The molecule has 0 unspecified atom stereocenters. The van der Waals surface area contributed by atoms with Crippen molar-refractivity contribution in [1.82, 2.24) is 5.32 Å². The van der Waals surface area contributed by atoms with E-state index in [9.17, 15) is 27.2 Å². The molecule has 11 heteroatoms. The van der Waals surface area contributed by atoms with E-state index in [4.69, 9.17) is 0 Å². The lowest BCUT2D eigenvalue weighted by atomic mass is 9.91. The molecular formula is C24H25FN4O5S. The number of carbonyl (C=O) groups is 1. The first kappa shape index (κ1) is 24.4. The molecule has 9 nitrogen and oxygen atoms in total. The Morgan fingerprint density at radius 1 is 0.857 bits per heavy atom. The zero-order valence-electron chi connectivity index (χ0n) is 18.9. The molecule has 0 bridgehead atoms. The average molecular weight is 501 g/mol. The monoisotopic (exact) mass is 500 g/mol. The van der Waals surface area contributed by atoms with Gasteiger partial charge in [0.05, 0.1) is 4.90 Å². The molecule has 0 heterocycles. The van der Waals surface area contributed by atoms with E-state index in [-0.39, 0.29) is 28.4 Å². The van der Waals surface area contributed by atoms with E-state index >= 15 is 0 Å². The van der Waals surface area contributed by atoms with Crippen LogP contribution in [0, 0.1) is 12.7 Å². The van der Waals surface area contributed by atoms with E-state index in [1.165, 1.54) is 36.4 Å². The maximum Gasteiger partial charge on any atom is 0.319 e. The second-order valence-electron chi connectivity index (χ2n) is 8.63. The smallest absolute Gasteiger partial charge is 0.319 e. The van der Waals surface area contributed by atoms with Gasteiger partial charge < -0.3 is 16.0 Å². The number of halogens is 1. The molecule has 35 heavy (non-hydrogen) atoms. The topological polar surface area (TPSA) is 133 Å². The summed E-state index contributed by atoms with van der Waals surface area (Å²) in [5, 5.41) is 8.52. The van der Waals surface area contributed by atoms with Crippen LogP contribution in [0.3, 0.4) is 0 Å². The fourth-order valence-electron chi connectivity index (χ4n) is 4.01. The maximum atomic E-state index is 13.0. The van der Waals surface area contributed by atoms with Gasteiger partial charge in [0.1, 0.15) is 17.2 Å². The van der Waals surface area contributed by atoms with Crippen LogP contribution in [0.4, 0.5) is 26.2 Å². The summed E-state index contributed by atoms with van der Waals surface area (Å²) in [6, 6.07) is 10.9. The summed E-state index contributed by atoms with van der Waals surface area (Å²) in [7, 11) is -4.01. The highest BCUT2D eigenvalue weighted by atomic mass is 32.2. The van der Waals surface area contributed by atoms with Gasteiger partial charge in [-0.15, -0.1) is 0 Å². The van der Waals surface area contributed by atoms with Gasteiger partial charge in [-0.05, 0) is 69.0 Å². The van der Waals surface area contributed by atoms with Gasteiger partial charge >= 0.3 is 6.03 Å². The van der Waals surface area contributed by atoms with Gasteiger partial charge in [-0.3, -0.25) is 14.3 Å². The third-order valence-corrected chi connectivity index (χ3v) is 7.36. The van der Waals surface area contributed by atoms with Crippen LogP contribution >= 0.6 is 0 Å². The van der Waals surface area contributed by atoms with E-state index in [1.807, 2.05) is 6.92 Å². The second-order valence-corrected chi connectivity index (χ2v) is 10.3. The molecule has 3 aromatic rings. The number of hydrogen-bond acceptors (Lipinski definition) is 6. The van der Waals surface area contributed by atoms with E-state index < -0.39 is 32.7 Å². The standard InChI is InChI=1S/C24H25FN4O5S/c1-14-2-12-19(13-3-14)35(33,34)29-21-20(22(30)23(21)31)26-16-8-10-18(11-9-16)28-24(32)27-17-6-4-15(25)5-7-17/h2-7,12-13,16,18,26,29H,8-11H2,1H3,(H2,27,28,32). The molecule has 0 aromatic heterocycles. The van der Waals surface area contributed by atoms with Crippen molar-refractivity contribution in [2.45, 2.75) is 49.6 Å². The van der Waals surface area contributed by atoms with Crippen molar-refractivity contribution < 1.29 is 17.6 Å². The Bertz CT molecular complexity index is 1390. The molecule has 0 spiro atoms. The van der Waals surface area contributed by atoms with Gasteiger partial charge in [-0.2, -0.15) is 0 Å². The zero-order valence-corrected chi connectivity index (χ0v) is 19.7. The summed E-state index contributed by atoms with van der Waals surface area (Å²) in [4.78, 5) is 36.4. The van der Waals surface area contributed by atoms with E-state index in [0.29, 0.717) is 31.4 Å². The highest BCUT2D eigenvalue weighted by Crippen LogP contribution is 2.26. The predicted octanol–water partition coefficient (Wildman–Crippen LogP) is 3.08. The van der Waals surface area contributed by atoms with Crippen LogP contribution in [0.1, 0.15) is 31.2 Å². The highest BCUT2D eigenvalue weighted by Gasteiger charge is 2.29. The number of aryl methyl sites for hydroxylation is 1. The third-order valence-electron chi connectivity index (χ3n) is 5.99. The van der Waals surface area contributed by atoms with Crippen molar-refractivity contribution in [2.24, 2.45) is 0 Å². The van der Waals surface area contributed by atoms with Crippen molar-refractivity contribution >= 4 is 33.1 Å². The molecular weight excluding hydrogens is 475 g/mol. The summed E-state index contributed by atoms with van der Waals surface area (Å²) in [5.74, 6) is -0.394. The van der Waals surface area contributed by atoms with Gasteiger partial charge in [-0.25, -0.2) is 17.6 Å². The Hall–Kier alpha value is -3.73. The predicted molar refractivity (Wildman–Crippen MR) is 132 cm³/mol. The van der Waals surface area contributed by atoms with Gasteiger partial charge in [0.25, 0.3) is 20.9 Å². The first-order chi connectivity index (χ1) is 16.6. The molecule has 0 aliphatic heterocycles. The van der Waals surface area contributed by atoms with Crippen LogP contribution in [-0.4, -0.2) is 26.5 Å². The number of urea groups is 1. The van der Waals surface area contributed by atoms with Crippen molar-refractivity contribution in [3.63, 3.8) is 0 Å². The lowest BCUT2D eigenvalue weighted by Crippen LogP contribution is -2.44. The van der Waals surface area contributed by atoms with Crippen molar-refractivity contribution in [1.29, 1.82) is 0 Å². The lowest BCUT2D eigenvalue weighted by Gasteiger charge is -2.31. The minimum Gasteiger partial charge on any atom is -0.377 e. The van der Waals surface area contributed by atoms with Gasteiger partial charge in [0.2, 0.25) is 0 Å². The van der Waals surface area contributed by atoms with E-state index in [2.05, 4.69) is 20.7 Å². The van der Waals surface area contributed by atoms with Crippen LogP contribution in [0.2, 0.25) is 0 Å². The number of carbonyl (C=O) groups excluding carboxylic acids is 1. The Kier molecular flexibility index (Phi) is 6.88. The number of rotatable bonds is 7. The van der Waals surface area contributed by atoms with Crippen molar-refractivity contribution in [3.8, 4) is 0 Å². The highest BCUT2D eigenvalue weighted by molar-refractivity contribution is 7.92. The summed E-state index contributed by atoms with van der Waals surface area (Å²) in [6.45, 7) is 1.82. The van der Waals surface area contributed by atoms with Gasteiger partial charge in [-0.1, -0.05) is 17.7 Å². The summed E-state index contributed by atoms with van der Waals surface area (Å²) >= 11 is 0. The van der Waals surface area contributed by atoms with E-state index in [1.54, 1.807) is 12.1 Å². The minimum absolute atomic E-state index is 0.00686. The molecule has 1 fully saturated rings. The number of hydrogen-bond donors (Lipinski definition) is 4. The Morgan fingerprint density at radius 3 is 2.06 bits per heavy atom. The summed E-state index contributed by atoms with van der Waals surface area (Å²) < 4.78 is 40.5. The second kappa shape index (κ2) is 9.87. The Labute approximate surface area is 201 Å². The van der Waals surface area contributed by atoms with E-state index in [0.717, 1.165) is 5.56 Å². The summed E-state index contributed by atoms with van der Waals surface area (Å²) in [6.07, 6.45) is 2.44. The van der Waals surface area contributed by atoms with Crippen LogP contribution in [0.15, 0.2) is 63.0 Å². The first-order valence-corrected chi connectivity index (χ1v) is 12.6. The molecule has 3 aromatic carbocycles. The number of benzene rings is 2. The largest absolute Gasteiger partial charge is 0.377 e. The number of amides is 2. The molecule has 1 aliphatic rings. The van der Waals surface area contributed by atoms with Crippen LogP contribution in [-0.2, 0) is 10.0 Å². The number of sulfonamides is 1. The molecule has 0 saturated heterocycles. The molecule has 184 valence electrons. The number of anilines is 3. The van der Waals surface area contributed by atoms with Crippen LogP contribution in [0.25, 0.3) is 0 Å². The molecule has 2 amide bonds. The molecule has 1 aliphatic carbocycles. The van der Waals surface area contributed by atoms with Gasteiger partial charge in [0.15, 0.2) is 0 Å². The molecule has 4 rings (SSSR count).